The Balaban J connectivity index is 1.77. The van der Waals surface area contributed by atoms with Gasteiger partial charge in [-0.2, -0.15) is 5.10 Å². The van der Waals surface area contributed by atoms with Crippen LogP contribution in [0, 0.1) is 6.92 Å². The average molecular weight is 327 g/mol. The SMILES string of the molecule is Cc1nn(C)cc1C(=O)N1CCOC[C@@H]1CC(=O)c1ccccc1. The van der Waals surface area contributed by atoms with Gasteiger partial charge in [-0.05, 0) is 6.92 Å². The topological polar surface area (TPSA) is 64.4 Å². The Morgan fingerprint density at radius 2 is 2.04 bits per heavy atom. The Bertz CT molecular complexity index is 739. The summed E-state index contributed by atoms with van der Waals surface area (Å²) in [5, 5.41) is 4.23. The fourth-order valence-electron chi connectivity index (χ4n) is 3.01. The van der Waals surface area contributed by atoms with Crippen molar-refractivity contribution in [2.24, 2.45) is 7.05 Å². The van der Waals surface area contributed by atoms with Gasteiger partial charge in [-0.1, -0.05) is 30.3 Å². The largest absolute Gasteiger partial charge is 0.377 e. The van der Waals surface area contributed by atoms with Crippen LogP contribution in [0.25, 0.3) is 0 Å². The van der Waals surface area contributed by atoms with Crippen LogP contribution in [0.4, 0.5) is 0 Å². The number of morpholine rings is 1. The van der Waals surface area contributed by atoms with Gasteiger partial charge in [-0.15, -0.1) is 0 Å². The highest BCUT2D eigenvalue weighted by atomic mass is 16.5. The summed E-state index contributed by atoms with van der Waals surface area (Å²) in [6.45, 7) is 3.17. The summed E-state index contributed by atoms with van der Waals surface area (Å²) in [6.07, 6.45) is 1.98. The van der Waals surface area contributed by atoms with Crippen molar-refractivity contribution in [1.29, 1.82) is 0 Å². The summed E-state index contributed by atoms with van der Waals surface area (Å²) in [6, 6.07) is 8.89. The smallest absolute Gasteiger partial charge is 0.257 e. The molecule has 24 heavy (non-hydrogen) atoms. The number of amides is 1. The van der Waals surface area contributed by atoms with Crippen molar-refractivity contribution in [1.82, 2.24) is 14.7 Å². The zero-order valence-electron chi connectivity index (χ0n) is 13.9. The van der Waals surface area contributed by atoms with Crippen LogP contribution in [0.5, 0.6) is 0 Å². The van der Waals surface area contributed by atoms with Crippen molar-refractivity contribution in [3.63, 3.8) is 0 Å². The number of ether oxygens (including phenoxy) is 1. The molecule has 0 radical (unpaired) electrons. The summed E-state index contributed by atoms with van der Waals surface area (Å²) in [5.74, 6) is -0.0680. The van der Waals surface area contributed by atoms with Gasteiger partial charge in [0, 0.05) is 31.8 Å². The molecule has 1 fully saturated rings. The first kappa shape index (κ1) is 16.4. The molecule has 0 aliphatic carbocycles. The van der Waals surface area contributed by atoms with Crippen LogP contribution in [-0.4, -0.2) is 52.2 Å². The third kappa shape index (κ3) is 3.38. The molecule has 0 spiro atoms. The third-order valence-electron chi connectivity index (χ3n) is 4.25. The van der Waals surface area contributed by atoms with Crippen LogP contribution in [0.2, 0.25) is 0 Å². The van der Waals surface area contributed by atoms with Crippen LogP contribution < -0.4 is 0 Å². The second-order valence-corrected chi connectivity index (χ2v) is 6.02. The molecule has 1 aliphatic rings. The maximum Gasteiger partial charge on any atom is 0.257 e. The maximum atomic E-state index is 12.9. The Labute approximate surface area is 141 Å². The Morgan fingerprint density at radius 1 is 1.29 bits per heavy atom. The van der Waals surface area contributed by atoms with Crippen molar-refractivity contribution in [3.05, 3.63) is 53.3 Å². The number of carbonyl (C=O) groups excluding carboxylic acids is 2. The summed E-state index contributed by atoms with van der Waals surface area (Å²) < 4.78 is 7.14. The molecule has 6 heteroatoms. The molecule has 1 aliphatic heterocycles. The Kier molecular flexibility index (Phi) is 4.76. The first-order chi connectivity index (χ1) is 11.6. The quantitative estimate of drug-likeness (QED) is 0.804. The number of carbonyl (C=O) groups is 2. The lowest BCUT2D eigenvalue weighted by Gasteiger charge is -2.35. The number of nitrogens with zero attached hydrogens (tertiary/aromatic N) is 3. The third-order valence-corrected chi connectivity index (χ3v) is 4.25. The number of Topliss-reactive ketones (excluding diaryl/α,β-unsaturated/α-hetero) is 1. The molecule has 1 aromatic carbocycles. The molecule has 1 aromatic heterocycles. The summed E-state index contributed by atoms with van der Waals surface area (Å²) in [7, 11) is 1.79. The average Bonchev–Trinajstić information content (AvgIpc) is 2.94. The van der Waals surface area contributed by atoms with E-state index in [0.29, 0.717) is 36.6 Å². The molecule has 0 saturated carbocycles. The molecule has 3 rings (SSSR count). The highest BCUT2D eigenvalue weighted by Crippen LogP contribution is 2.18. The van der Waals surface area contributed by atoms with Gasteiger partial charge >= 0.3 is 0 Å². The van der Waals surface area contributed by atoms with E-state index in [2.05, 4.69) is 5.10 Å². The van der Waals surface area contributed by atoms with Crippen molar-refractivity contribution in [2.75, 3.05) is 19.8 Å². The molecular formula is C18H21N3O3. The van der Waals surface area contributed by atoms with Crippen LogP contribution in [-0.2, 0) is 11.8 Å². The Morgan fingerprint density at radius 3 is 2.71 bits per heavy atom. The normalized spacial score (nSPS) is 17.8. The van der Waals surface area contributed by atoms with E-state index < -0.39 is 0 Å². The van der Waals surface area contributed by atoms with Gasteiger partial charge in [0.2, 0.25) is 0 Å². The number of ketones is 1. The molecule has 1 amide bonds. The first-order valence-electron chi connectivity index (χ1n) is 8.03. The lowest BCUT2D eigenvalue weighted by atomic mass is 10.0. The van der Waals surface area contributed by atoms with Gasteiger partial charge in [0.05, 0.1) is 30.5 Å². The fourth-order valence-corrected chi connectivity index (χ4v) is 3.01. The van der Waals surface area contributed by atoms with Crippen LogP contribution in [0.3, 0.4) is 0 Å². The first-order valence-corrected chi connectivity index (χ1v) is 8.03. The van der Waals surface area contributed by atoms with Crippen molar-refractivity contribution < 1.29 is 14.3 Å². The summed E-state index contributed by atoms with van der Waals surface area (Å²) in [4.78, 5) is 27.1. The van der Waals surface area contributed by atoms with Gasteiger partial charge in [0.15, 0.2) is 5.78 Å². The lowest BCUT2D eigenvalue weighted by Crippen LogP contribution is -2.49. The predicted molar refractivity (Wildman–Crippen MR) is 89.0 cm³/mol. The van der Waals surface area contributed by atoms with Gasteiger partial charge in [0.25, 0.3) is 5.91 Å². The van der Waals surface area contributed by atoms with E-state index in [1.54, 1.807) is 35.0 Å². The van der Waals surface area contributed by atoms with Crippen LogP contribution in [0.1, 0.15) is 32.8 Å². The van der Waals surface area contributed by atoms with Crippen molar-refractivity contribution in [2.45, 2.75) is 19.4 Å². The molecule has 1 atom stereocenters. The molecule has 0 unspecified atom stereocenters. The van der Waals surface area contributed by atoms with Crippen molar-refractivity contribution >= 4 is 11.7 Å². The van der Waals surface area contributed by atoms with E-state index >= 15 is 0 Å². The number of aryl methyl sites for hydroxylation is 2. The number of aromatic nitrogens is 2. The molecule has 6 nitrogen and oxygen atoms in total. The molecular weight excluding hydrogens is 306 g/mol. The van der Waals surface area contributed by atoms with Crippen LogP contribution in [0.15, 0.2) is 36.5 Å². The van der Waals surface area contributed by atoms with Gasteiger partial charge in [-0.25, -0.2) is 0 Å². The highest BCUT2D eigenvalue weighted by molar-refractivity contribution is 5.98. The standard InChI is InChI=1S/C18H21N3O3/c1-13-16(11-20(2)19-13)18(23)21-8-9-24-12-15(21)10-17(22)14-6-4-3-5-7-14/h3-7,11,15H,8-10,12H2,1-2H3/t15-/m0/s1. The van der Waals surface area contributed by atoms with E-state index in [1.165, 1.54) is 0 Å². The highest BCUT2D eigenvalue weighted by Gasteiger charge is 2.31. The van der Waals surface area contributed by atoms with E-state index in [9.17, 15) is 9.59 Å². The second-order valence-electron chi connectivity index (χ2n) is 6.02. The monoisotopic (exact) mass is 327 g/mol. The molecule has 1 saturated heterocycles. The lowest BCUT2D eigenvalue weighted by molar-refractivity contribution is -0.00284. The Hall–Kier alpha value is -2.47. The van der Waals surface area contributed by atoms with Gasteiger partial charge in [-0.3, -0.25) is 14.3 Å². The molecule has 2 heterocycles. The fraction of sp³-hybridized carbons (Fsp3) is 0.389. The molecule has 0 N–H and O–H groups in total. The van der Waals surface area contributed by atoms with Gasteiger partial charge < -0.3 is 9.64 Å². The minimum Gasteiger partial charge on any atom is -0.377 e. The molecule has 126 valence electrons. The predicted octanol–water partition coefficient (Wildman–Crippen LogP) is 1.84. The number of hydrogen-bond donors (Lipinski definition) is 0. The van der Waals surface area contributed by atoms with Gasteiger partial charge in [0.1, 0.15) is 0 Å². The number of rotatable bonds is 4. The number of hydrogen-bond acceptors (Lipinski definition) is 4. The minimum absolute atomic E-state index is 0.0202. The summed E-state index contributed by atoms with van der Waals surface area (Å²) >= 11 is 0. The molecule has 0 bridgehead atoms. The zero-order valence-corrected chi connectivity index (χ0v) is 13.9. The van der Waals surface area contributed by atoms with Crippen LogP contribution >= 0.6 is 0 Å². The van der Waals surface area contributed by atoms with Crippen molar-refractivity contribution in [3.8, 4) is 0 Å². The van der Waals surface area contributed by atoms with E-state index in [1.807, 2.05) is 25.1 Å². The zero-order chi connectivity index (χ0) is 17.1. The minimum atomic E-state index is -0.251. The maximum absolute atomic E-state index is 12.9. The number of benzene rings is 1. The molecule has 2 aromatic rings. The second kappa shape index (κ2) is 6.97. The van der Waals surface area contributed by atoms with E-state index in [0.717, 1.165) is 0 Å². The van der Waals surface area contributed by atoms with E-state index in [-0.39, 0.29) is 24.2 Å². The summed E-state index contributed by atoms with van der Waals surface area (Å²) in [5.41, 5.74) is 1.94. The van der Waals surface area contributed by atoms with E-state index in [4.69, 9.17) is 4.74 Å².